The van der Waals surface area contributed by atoms with Crippen molar-refractivity contribution in [3.8, 4) is 11.1 Å². The Morgan fingerprint density at radius 2 is 0.789 bits per heavy atom. The molecule has 0 aliphatic rings. The molecule has 2 heteroatoms. The zero-order valence-corrected chi connectivity index (χ0v) is 20.4. The van der Waals surface area contributed by atoms with Crippen LogP contribution < -0.4 is 0 Å². The third-order valence-electron chi connectivity index (χ3n) is 8.79. The summed E-state index contributed by atoms with van der Waals surface area (Å²) in [7, 11) is 0. The minimum absolute atomic E-state index is 1.27. The lowest BCUT2D eigenvalue weighted by atomic mass is 9.94. The van der Waals surface area contributed by atoms with E-state index in [1.807, 2.05) is 0 Å². The van der Waals surface area contributed by atoms with E-state index in [9.17, 15) is 0 Å². The summed E-state index contributed by atoms with van der Waals surface area (Å²) in [4.78, 5) is 0. The Kier molecular flexibility index (Phi) is 3.23. The number of hydrogen-bond donors (Lipinski definition) is 0. The molecule has 0 amide bonds. The van der Waals surface area contributed by atoms with Gasteiger partial charge in [-0.2, -0.15) is 0 Å². The molecule has 38 heavy (non-hydrogen) atoms. The second kappa shape index (κ2) is 6.42. The van der Waals surface area contributed by atoms with Crippen LogP contribution in [0.15, 0.2) is 121 Å². The average Bonchev–Trinajstić information content (AvgIpc) is 3.70. The maximum absolute atomic E-state index is 2.47. The number of fused-ring (bicyclic) bond motifs is 12. The number of benzene rings is 6. The van der Waals surface area contributed by atoms with Crippen LogP contribution in [-0.2, 0) is 0 Å². The van der Waals surface area contributed by atoms with Gasteiger partial charge in [0, 0.05) is 43.1 Å². The first-order valence-corrected chi connectivity index (χ1v) is 13.2. The molecule has 0 spiro atoms. The molecule has 174 valence electrons. The highest BCUT2D eigenvalue weighted by atomic mass is 14.9. The van der Waals surface area contributed by atoms with Crippen LogP contribution in [0, 0.1) is 0 Å². The molecule has 2 nitrogen and oxygen atoms in total. The van der Waals surface area contributed by atoms with E-state index in [-0.39, 0.29) is 0 Å². The van der Waals surface area contributed by atoms with Gasteiger partial charge in [-0.3, -0.25) is 0 Å². The lowest BCUT2D eigenvalue weighted by Gasteiger charge is -2.09. The summed E-state index contributed by atoms with van der Waals surface area (Å²) in [5.74, 6) is 0. The van der Waals surface area contributed by atoms with Crippen molar-refractivity contribution >= 4 is 76.2 Å². The van der Waals surface area contributed by atoms with Gasteiger partial charge in [-0.25, -0.2) is 0 Å². The van der Waals surface area contributed by atoms with E-state index in [0.29, 0.717) is 0 Å². The summed E-state index contributed by atoms with van der Waals surface area (Å²) in [6.45, 7) is 0. The van der Waals surface area contributed by atoms with Crippen LogP contribution in [0.25, 0.3) is 87.3 Å². The van der Waals surface area contributed by atoms with Gasteiger partial charge < -0.3 is 8.80 Å². The minimum atomic E-state index is 1.27. The lowest BCUT2D eigenvalue weighted by molar-refractivity contribution is 1.37. The third-order valence-corrected chi connectivity index (χ3v) is 8.79. The van der Waals surface area contributed by atoms with Gasteiger partial charge in [0.05, 0.1) is 33.1 Å². The zero-order valence-electron chi connectivity index (χ0n) is 20.4. The van der Waals surface area contributed by atoms with Gasteiger partial charge in [-0.15, -0.1) is 0 Å². The van der Waals surface area contributed by atoms with Crippen molar-refractivity contribution in [2.75, 3.05) is 0 Å². The molecule has 0 aliphatic carbocycles. The predicted molar refractivity (Wildman–Crippen MR) is 161 cm³/mol. The van der Waals surface area contributed by atoms with Crippen molar-refractivity contribution in [1.82, 2.24) is 8.80 Å². The maximum Gasteiger partial charge on any atom is 0.0626 e. The molecular weight excluding hydrogens is 460 g/mol. The van der Waals surface area contributed by atoms with E-state index in [0.717, 1.165) is 0 Å². The van der Waals surface area contributed by atoms with Crippen molar-refractivity contribution in [2.24, 2.45) is 0 Å². The molecule has 0 atom stereocenters. The van der Waals surface area contributed by atoms with Crippen LogP contribution in [0.2, 0.25) is 0 Å². The van der Waals surface area contributed by atoms with E-state index < -0.39 is 0 Å². The molecule has 10 rings (SSSR count). The van der Waals surface area contributed by atoms with Crippen LogP contribution in [0.4, 0.5) is 0 Å². The van der Waals surface area contributed by atoms with Gasteiger partial charge >= 0.3 is 0 Å². The smallest absolute Gasteiger partial charge is 0.0626 e. The molecule has 0 aliphatic heterocycles. The van der Waals surface area contributed by atoms with E-state index in [4.69, 9.17) is 0 Å². The Labute approximate surface area is 217 Å². The van der Waals surface area contributed by atoms with Crippen molar-refractivity contribution in [3.05, 3.63) is 121 Å². The summed E-state index contributed by atoms with van der Waals surface area (Å²) in [5, 5.41) is 10.6. The maximum atomic E-state index is 2.47. The first kappa shape index (κ1) is 19.1. The Bertz CT molecular complexity index is 2560. The third kappa shape index (κ3) is 2.02. The Hall–Kier alpha value is -5.08. The van der Waals surface area contributed by atoms with Crippen molar-refractivity contribution < 1.29 is 0 Å². The van der Waals surface area contributed by atoms with Gasteiger partial charge in [0.1, 0.15) is 0 Å². The molecule has 0 saturated carbocycles. The van der Waals surface area contributed by atoms with Gasteiger partial charge in [0.25, 0.3) is 0 Å². The highest BCUT2D eigenvalue weighted by Gasteiger charge is 2.23. The fraction of sp³-hybridized carbons (Fsp3) is 0. The zero-order chi connectivity index (χ0) is 24.5. The van der Waals surface area contributed by atoms with E-state index in [2.05, 4.69) is 130 Å². The van der Waals surface area contributed by atoms with E-state index in [1.54, 1.807) is 0 Å². The van der Waals surface area contributed by atoms with Crippen molar-refractivity contribution in [3.63, 3.8) is 0 Å². The van der Waals surface area contributed by atoms with Gasteiger partial charge in [-0.1, -0.05) is 97.1 Å². The van der Waals surface area contributed by atoms with E-state index >= 15 is 0 Å². The minimum Gasteiger partial charge on any atom is -0.308 e. The summed E-state index contributed by atoms with van der Waals surface area (Å²) in [5.41, 5.74) is 10.3. The molecule has 0 radical (unpaired) electrons. The first-order chi connectivity index (χ1) is 18.9. The number of para-hydroxylation sites is 4. The number of rotatable bonds is 1. The molecule has 0 fully saturated rings. The monoisotopic (exact) mass is 480 g/mol. The molecule has 0 N–H and O–H groups in total. The Morgan fingerprint density at radius 3 is 1.55 bits per heavy atom. The molecule has 0 saturated heterocycles. The first-order valence-electron chi connectivity index (χ1n) is 13.2. The van der Waals surface area contributed by atoms with Crippen LogP contribution in [-0.4, -0.2) is 8.80 Å². The van der Waals surface area contributed by atoms with Gasteiger partial charge in [0.2, 0.25) is 0 Å². The van der Waals surface area contributed by atoms with Crippen molar-refractivity contribution in [2.45, 2.75) is 0 Å². The Balaban J connectivity index is 1.45. The summed E-state index contributed by atoms with van der Waals surface area (Å²) in [6, 6.07) is 44.8. The molecule has 6 aromatic carbocycles. The summed E-state index contributed by atoms with van der Waals surface area (Å²) < 4.78 is 4.95. The highest BCUT2D eigenvalue weighted by Crippen LogP contribution is 2.47. The van der Waals surface area contributed by atoms with Crippen molar-refractivity contribution in [1.29, 1.82) is 0 Å². The van der Waals surface area contributed by atoms with E-state index in [1.165, 1.54) is 87.3 Å². The molecule has 10 aromatic rings. The van der Waals surface area contributed by atoms with Crippen LogP contribution in [0.3, 0.4) is 0 Å². The lowest BCUT2D eigenvalue weighted by Crippen LogP contribution is -1.84. The standard InChI is InChI=1S/C36H20N2/c1-5-16-30-21(9-1)25-13-7-14-28-33-23(12-8-18-32(33)38(30)35(25)28)24-19-20-26-22-10-2-4-15-29(22)37-31-17-6-3-11-27(31)34(24)36(26)37/h1-20H. The number of aromatic nitrogens is 2. The van der Waals surface area contributed by atoms with Gasteiger partial charge in [-0.05, 0) is 35.4 Å². The molecule has 0 unspecified atom stereocenters. The van der Waals surface area contributed by atoms with Gasteiger partial charge in [0.15, 0.2) is 0 Å². The second-order valence-corrected chi connectivity index (χ2v) is 10.5. The largest absolute Gasteiger partial charge is 0.308 e. The normalized spacial score (nSPS) is 12.7. The quantitative estimate of drug-likeness (QED) is 0.221. The summed E-state index contributed by atoms with van der Waals surface area (Å²) >= 11 is 0. The molecular formula is C36H20N2. The second-order valence-electron chi connectivity index (χ2n) is 10.5. The Morgan fingerprint density at radius 1 is 0.289 bits per heavy atom. The molecule has 4 heterocycles. The highest BCUT2D eigenvalue weighted by molar-refractivity contribution is 6.30. The summed E-state index contributed by atoms with van der Waals surface area (Å²) in [6.07, 6.45) is 0. The topological polar surface area (TPSA) is 8.82 Å². The fourth-order valence-corrected chi connectivity index (χ4v) is 7.39. The van der Waals surface area contributed by atoms with Crippen LogP contribution in [0.1, 0.15) is 0 Å². The fourth-order valence-electron chi connectivity index (χ4n) is 7.39. The number of hydrogen-bond acceptors (Lipinski definition) is 0. The molecule has 4 aromatic heterocycles. The predicted octanol–water partition coefficient (Wildman–Crippen LogP) is 9.65. The van der Waals surface area contributed by atoms with Crippen LogP contribution >= 0.6 is 0 Å². The average molecular weight is 481 g/mol. The molecule has 0 bridgehead atoms. The SMILES string of the molecule is c1ccc2c(c1)c1cccc3c4c(-c5ccc6c7ccccc7n7c8ccccc8c5c67)cccc4n2c13. The van der Waals surface area contributed by atoms with Crippen LogP contribution in [0.5, 0.6) is 0 Å². The number of nitrogens with zero attached hydrogens (tertiary/aromatic N) is 2.